The molecule has 1 aliphatic heterocycles. The molecule has 3 atom stereocenters. The number of carbonyl (C=O) groups excluding carboxylic acids is 1. The summed E-state index contributed by atoms with van der Waals surface area (Å²) in [6.07, 6.45) is 1.71. The molecule has 0 bridgehead atoms. The van der Waals surface area contributed by atoms with Gasteiger partial charge in [-0.1, -0.05) is 0 Å². The van der Waals surface area contributed by atoms with Gasteiger partial charge in [0.15, 0.2) is 6.29 Å². The number of rotatable bonds is 3. The van der Waals surface area contributed by atoms with Crippen molar-refractivity contribution < 1.29 is 14.3 Å². The zero-order valence-corrected chi connectivity index (χ0v) is 9.08. The van der Waals surface area contributed by atoms with Crippen molar-refractivity contribution in [1.82, 2.24) is 5.32 Å². The summed E-state index contributed by atoms with van der Waals surface area (Å²) in [5.41, 5.74) is 0. The number of ether oxygens (including phenoxy) is 2. The third-order valence-electron chi connectivity index (χ3n) is 2.39. The predicted molar refractivity (Wildman–Crippen MR) is 52.8 cm³/mol. The Morgan fingerprint density at radius 2 is 2.29 bits per heavy atom. The molecular weight excluding hydrogens is 182 g/mol. The number of amides is 1. The summed E-state index contributed by atoms with van der Waals surface area (Å²) in [7, 11) is 0. The molecule has 0 radical (unpaired) electrons. The summed E-state index contributed by atoms with van der Waals surface area (Å²) in [6.45, 7) is 6.11. The Balaban J connectivity index is 2.35. The van der Waals surface area contributed by atoms with Crippen molar-refractivity contribution >= 4 is 5.91 Å². The van der Waals surface area contributed by atoms with E-state index in [4.69, 9.17) is 9.47 Å². The molecule has 1 saturated heterocycles. The fourth-order valence-electron chi connectivity index (χ4n) is 1.71. The second-order valence-electron chi connectivity index (χ2n) is 3.61. The van der Waals surface area contributed by atoms with Gasteiger partial charge in [0, 0.05) is 20.0 Å². The van der Waals surface area contributed by atoms with Crippen LogP contribution < -0.4 is 5.32 Å². The monoisotopic (exact) mass is 201 g/mol. The molecule has 1 aliphatic rings. The third kappa shape index (κ3) is 3.27. The van der Waals surface area contributed by atoms with Crippen molar-refractivity contribution in [3.05, 3.63) is 0 Å². The highest BCUT2D eigenvalue weighted by Crippen LogP contribution is 2.20. The first-order valence-electron chi connectivity index (χ1n) is 5.17. The standard InChI is InChI=1S/C10H19NO3/c1-4-13-10-6-5-9(7(2)14-10)11-8(3)12/h7,9-10H,4-6H2,1-3H3,(H,11,12)/t7-,9-,10+/m1/s1. The van der Waals surface area contributed by atoms with Gasteiger partial charge >= 0.3 is 0 Å². The van der Waals surface area contributed by atoms with Crippen LogP contribution in [-0.4, -0.2) is 30.9 Å². The van der Waals surface area contributed by atoms with Crippen molar-refractivity contribution in [1.29, 1.82) is 0 Å². The molecule has 1 amide bonds. The van der Waals surface area contributed by atoms with Crippen LogP contribution in [-0.2, 0) is 14.3 Å². The zero-order valence-electron chi connectivity index (χ0n) is 9.08. The van der Waals surface area contributed by atoms with Gasteiger partial charge in [0.05, 0.1) is 12.1 Å². The van der Waals surface area contributed by atoms with Crippen LogP contribution in [0.25, 0.3) is 0 Å². The van der Waals surface area contributed by atoms with Crippen LogP contribution in [0.4, 0.5) is 0 Å². The van der Waals surface area contributed by atoms with Crippen LogP contribution in [0.5, 0.6) is 0 Å². The SMILES string of the molecule is CCO[C@@H]1CC[C@@H](NC(C)=O)[C@@H](C)O1. The van der Waals surface area contributed by atoms with Crippen molar-refractivity contribution in [2.45, 2.75) is 52.0 Å². The van der Waals surface area contributed by atoms with Gasteiger partial charge in [-0.15, -0.1) is 0 Å². The maximum atomic E-state index is 10.9. The molecule has 4 heteroatoms. The number of carbonyl (C=O) groups is 1. The Hall–Kier alpha value is -0.610. The maximum absolute atomic E-state index is 10.9. The minimum atomic E-state index is -0.0972. The van der Waals surface area contributed by atoms with E-state index in [1.165, 1.54) is 6.92 Å². The van der Waals surface area contributed by atoms with Gasteiger partial charge in [-0.2, -0.15) is 0 Å². The quantitative estimate of drug-likeness (QED) is 0.742. The molecule has 0 aromatic carbocycles. The smallest absolute Gasteiger partial charge is 0.217 e. The molecule has 0 aromatic rings. The van der Waals surface area contributed by atoms with E-state index in [2.05, 4.69) is 5.32 Å². The molecule has 1 rings (SSSR count). The number of hydrogen-bond donors (Lipinski definition) is 1. The molecule has 0 aliphatic carbocycles. The fourth-order valence-corrected chi connectivity index (χ4v) is 1.71. The van der Waals surface area contributed by atoms with Crippen molar-refractivity contribution in [3.8, 4) is 0 Å². The molecule has 4 nitrogen and oxygen atoms in total. The Kier molecular flexibility index (Phi) is 4.35. The minimum absolute atomic E-state index is 0.000287. The highest BCUT2D eigenvalue weighted by molar-refractivity contribution is 5.73. The van der Waals surface area contributed by atoms with E-state index in [9.17, 15) is 4.79 Å². The lowest BCUT2D eigenvalue weighted by atomic mass is 10.0. The zero-order chi connectivity index (χ0) is 10.6. The summed E-state index contributed by atoms with van der Waals surface area (Å²) in [5.74, 6) is 0.000287. The van der Waals surface area contributed by atoms with E-state index in [0.717, 1.165) is 12.8 Å². The first-order chi connectivity index (χ1) is 6.63. The van der Waals surface area contributed by atoms with Crippen LogP contribution >= 0.6 is 0 Å². The maximum Gasteiger partial charge on any atom is 0.217 e. The van der Waals surface area contributed by atoms with Gasteiger partial charge < -0.3 is 14.8 Å². The molecular formula is C10H19NO3. The van der Waals surface area contributed by atoms with Crippen LogP contribution in [0.3, 0.4) is 0 Å². The summed E-state index contributed by atoms with van der Waals surface area (Å²) in [4.78, 5) is 10.9. The van der Waals surface area contributed by atoms with Crippen LogP contribution in [0.1, 0.15) is 33.6 Å². The van der Waals surface area contributed by atoms with Gasteiger partial charge in [0.2, 0.25) is 5.91 Å². The first kappa shape index (κ1) is 11.5. The Bertz CT molecular complexity index is 196. The summed E-state index contributed by atoms with van der Waals surface area (Å²) in [6, 6.07) is 0.129. The van der Waals surface area contributed by atoms with Crippen molar-refractivity contribution in [3.63, 3.8) is 0 Å². The van der Waals surface area contributed by atoms with E-state index in [1.54, 1.807) is 0 Å². The van der Waals surface area contributed by atoms with Crippen LogP contribution in [0.2, 0.25) is 0 Å². The molecule has 1 fully saturated rings. The third-order valence-corrected chi connectivity index (χ3v) is 2.39. The molecule has 1 N–H and O–H groups in total. The molecule has 0 aromatic heterocycles. The van der Waals surface area contributed by atoms with Crippen LogP contribution in [0, 0.1) is 0 Å². The van der Waals surface area contributed by atoms with Gasteiger partial charge in [-0.25, -0.2) is 0 Å². The Labute approximate surface area is 85.0 Å². The van der Waals surface area contributed by atoms with Crippen molar-refractivity contribution in [2.75, 3.05) is 6.61 Å². The highest BCUT2D eigenvalue weighted by atomic mass is 16.7. The normalized spacial score (nSPS) is 32.6. The fraction of sp³-hybridized carbons (Fsp3) is 0.900. The van der Waals surface area contributed by atoms with E-state index in [0.29, 0.717) is 6.61 Å². The topological polar surface area (TPSA) is 47.6 Å². The predicted octanol–water partition coefficient (Wildman–Crippen LogP) is 1.05. The summed E-state index contributed by atoms with van der Waals surface area (Å²) >= 11 is 0. The lowest BCUT2D eigenvalue weighted by molar-refractivity contribution is -0.195. The lowest BCUT2D eigenvalue weighted by Gasteiger charge is -2.34. The number of nitrogens with one attached hydrogen (secondary N) is 1. The molecule has 14 heavy (non-hydrogen) atoms. The largest absolute Gasteiger partial charge is 0.353 e. The molecule has 0 saturated carbocycles. The van der Waals surface area contributed by atoms with Crippen LogP contribution in [0.15, 0.2) is 0 Å². The summed E-state index contributed by atoms with van der Waals surface area (Å²) < 4.78 is 11.0. The second kappa shape index (κ2) is 5.32. The molecule has 0 unspecified atom stereocenters. The number of hydrogen-bond acceptors (Lipinski definition) is 3. The summed E-state index contributed by atoms with van der Waals surface area (Å²) in [5, 5.41) is 2.87. The Morgan fingerprint density at radius 3 is 2.79 bits per heavy atom. The van der Waals surface area contributed by atoms with E-state index in [1.807, 2.05) is 13.8 Å². The van der Waals surface area contributed by atoms with Gasteiger partial charge in [-0.05, 0) is 20.3 Å². The van der Waals surface area contributed by atoms with E-state index >= 15 is 0 Å². The average molecular weight is 201 g/mol. The molecule has 82 valence electrons. The average Bonchev–Trinajstić information content (AvgIpc) is 2.10. The second-order valence-corrected chi connectivity index (χ2v) is 3.61. The van der Waals surface area contributed by atoms with E-state index in [-0.39, 0.29) is 24.3 Å². The van der Waals surface area contributed by atoms with Gasteiger partial charge in [0.1, 0.15) is 0 Å². The lowest BCUT2D eigenvalue weighted by Crippen LogP contribution is -2.47. The van der Waals surface area contributed by atoms with E-state index < -0.39 is 0 Å². The first-order valence-corrected chi connectivity index (χ1v) is 5.17. The minimum Gasteiger partial charge on any atom is -0.353 e. The Morgan fingerprint density at radius 1 is 1.57 bits per heavy atom. The van der Waals surface area contributed by atoms with Gasteiger partial charge in [0.25, 0.3) is 0 Å². The highest BCUT2D eigenvalue weighted by Gasteiger charge is 2.28. The molecule has 0 spiro atoms. The van der Waals surface area contributed by atoms with Crippen molar-refractivity contribution in [2.24, 2.45) is 0 Å². The molecule has 1 heterocycles. The van der Waals surface area contributed by atoms with Gasteiger partial charge in [-0.3, -0.25) is 4.79 Å².